The Morgan fingerprint density at radius 1 is 0.797 bits per heavy atom. The van der Waals surface area contributed by atoms with Gasteiger partial charge in [0.1, 0.15) is 42.0 Å². The number of nitrogens with zero attached hydrogens (tertiary/aromatic N) is 2. The first-order valence-corrected chi connectivity index (χ1v) is 23.7. The molecule has 0 aromatic heterocycles. The summed E-state index contributed by atoms with van der Waals surface area (Å²) in [6.07, 6.45) is -1.88. The van der Waals surface area contributed by atoms with Gasteiger partial charge in [-0.3, -0.25) is 43.1 Å². The van der Waals surface area contributed by atoms with E-state index in [0.29, 0.717) is 6.42 Å². The van der Waals surface area contributed by atoms with E-state index in [0.717, 1.165) is 4.90 Å². The molecule has 0 bridgehead atoms. The number of carbonyl (C=O) groups is 8. The molecule has 26 nitrogen and oxygen atoms in total. The standard InChI is InChI=1S/C42H69N11O15S/c1-21(2)17-29(50-37(59)30(20-54)51-39(61)32(43)22(3)4)36(58)48-27(9-7-8-15-47-42(44)45)35(57)52-33(23(5)6)40(62)53-19-26(68-69(65,66)67)18-31(53)38(60)49-28(41(63)64)14-16-46-34(56)24-10-12-25(55)13-11-24/h10-13,21-23,26-33,54-55H,7-9,14-20,43H2,1-6H3,(H,46,56)(H,48,58)(H,49,60)(H,50,59)(H,51,61)(H,52,57)(H,63,64)(H4,44,45,47)(H,65,66,67)/t26-,27-,28+,29-,30-,31+,32+,33+/m1/s1. The lowest BCUT2D eigenvalue weighted by atomic mass is 9.99. The third kappa shape index (κ3) is 20.1. The number of nitrogens with two attached hydrogens (primary N) is 3. The Hall–Kier alpha value is -6.16. The number of aliphatic carboxylic acids is 1. The molecular formula is C42H69N11O15S. The van der Waals surface area contributed by atoms with Gasteiger partial charge in [0.2, 0.25) is 35.4 Å². The number of amides is 7. The van der Waals surface area contributed by atoms with Crippen molar-refractivity contribution in [1.82, 2.24) is 36.8 Å². The van der Waals surface area contributed by atoms with E-state index in [4.69, 9.17) is 21.4 Å². The maximum atomic E-state index is 14.4. The number of aliphatic hydroxyl groups is 1. The Morgan fingerprint density at radius 2 is 1.38 bits per heavy atom. The van der Waals surface area contributed by atoms with Gasteiger partial charge >= 0.3 is 16.4 Å². The first-order chi connectivity index (χ1) is 32.1. The topological polar surface area (TPSA) is 427 Å². The van der Waals surface area contributed by atoms with Crippen molar-refractivity contribution >= 4 is 63.7 Å². The van der Waals surface area contributed by atoms with Crippen molar-refractivity contribution in [1.29, 1.82) is 0 Å². The number of rotatable bonds is 28. The van der Waals surface area contributed by atoms with Crippen LogP contribution >= 0.6 is 0 Å². The Balaban J connectivity index is 2.41. The molecule has 388 valence electrons. The van der Waals surface area contributed by atoms with E-state index in [1.807, 2.05) is 0 Å². The number of guanidine groups is 1. The van der Waals surface area contributed by atoms with Gasteiger partial charge in [-0.25, -0.2) is 8.98 Å². The molecule has 1 aliphatic heterocycles. The average Bonchev–Trinajstić information content (AvgIpc) is 3.67. The number of carboxylic acid groups (broad SMARTS) is 1. The van der Waals surface area contributed by atoms with Crippen molar-refractivity contribution in [3.8, 4) is 5.75 Å². The number of phenols is 1. The summed E-state index contributed by atoms with van der Waals surface area (Å²) in [6, 6.07) is -4.74. The Morgan fingerprint density at radius 3 is 1.91 bits per heavy atom. The van der Waals surface area contributed by atoms with Gasteiger partial charge in [0.15, 0.2) is 5.96 Å². The van der Waals surface area contributed by atoms with Crippen LogP contribution < -0.4 is 49.1 Å². The SMILES string of the molecule is CC(C)C[C@@H](NC(=O)[C@@H](CO)NC(=O)[C@@H](N)C(C)C)C(=O)N[C@H](CCCCN=C(N)N)C(=O)N[C@H](C(=O)N1C[C@H](OS(=O)(=O)O)C[C@H]1C(=O)N[C@@H](CCNC(=O)c1ccc(O)cc1)C(=O)O)C(C)C. The summed E-state index contributed by atoms with van der Waals surface area (Å²) in [5.74, 6) is -9.08. The Kier molecular flexibility index (Phi) is 23.7. The van der Waals surface area contributed by atoms with Crippen LogP contribution in [-0.4, -0.2) is 161 Å². The van der Waals surface area contributed by atoms with E-state index in [-0.39, 0.29) is 67.9 Å². The lowest BCUT2D eigenvalue weighted by molar-refractivity contribution is -0.145. The Labute approximate surface area is 400 Å². The predicted octanol–water partition coefficient (Wildman–Crippen LogP) is -3.07. The molecule has 0 radical (unpaired) electrons. The molecule has 7 amide bonds. The minimum Gasteiger partial charge on any atom is -0.508 e. The number of nitrogens with one attached hydrogen (secondary N) is 6. The number of carbonyl (C=O) groups excluding carboxylic acids is 7. The van der Waals surface area contributed by atoms with Crippen LogP contribution in [0.1, 0.15) is 90.4 Å². The van der Waals surface area contributed by atoms with Gasteiger partial charge in [0, 0.05) is 31.6 Å². The maximum Gasteiger partial charge on any atom is 0.397 e. The number of unbranched alkanes of at least 4 members (excludes halogenated alkanes) is 1. The molecule has 1 saturated heterocycles. The number of benzene rings is 1. The zero-order valence-electron chi connectivity index (χ0n) is 39.5. The number of phenolic OH excluding ortho intramolecular Hbond substituents is 1. The molecule has 27 heteroatoms. The van der Waals surface area contributed by atoms with Crippen molar-refractivity contribution in [2.24, 2.45) is 39.9 Å². The smallest absolute Gasteiger partial charge is 0.397 e. The molecule has 1 aliphatic rings. The van der Waals surface area contributed by atoms with E-state index in [9.17, 15) is 66.6 Å². The first kappa shape index (κ1) is 59.0. The number of aliphatic imine (C=N–C) groups is 1. The van der Waals surface area contributed by atoms with E-state index in [1.165, 1.54) is 38.1 Å². The highest BCUT2D eigenvalue weighted by atomic mass is 32.3. The molecule has 0 spiro atoms. The molecule has 16 N–H and O–H groups in total. The molecule has 1 fully saturated rings. The van der Waals surface area contributed by atoms with Crippen LogP contribution in [0, 0.1) is 17.8 Å². The number of aliphatic hydroxyl groups excluding tert-OH is 1. The molecular weight excluding hydrogens is 931 g/mol. The molecule has 0 aliphatic carbocycles. The van der Waals surface area contributed by atoms with Crippen LogP contribution in [0.25, 0.3) is 0 Å². The summed E-state index contributed by atoms with van der Waals surface area (Å²) >= 11 is 0. The lowest BCUT2D eigenvalue weighted by Gasteiger charge is -2.32. The normalized spacial score (nSPS) is 17.4. The Bertz CT molecular complexity index is 2090. The van der Waals surface area contributed by atoms with Crippen molar-refractivity contribution in [2.75, 3.05) is 26.2 Å². The molecule has 0 unspecified atom stereocenters. The van der Waals surface area contributed by atoms with Crippen LogP contribution in [0.2, 0.25) is 0 Å². The van der Waals surface area contributed by atoms with Crippen LogP contribution in [0.3, 0.4) is 0 Å². The van der Waals surface area contributed by atoms with Gasteiger partial charge < -0.3 is 69.3 Å². The molecule has 0 saturated carbocycles. The van der Waals surface area contributed by atoms with E-state index in [2.05, 4.69) is 36.9 Å². The van der Waals surface area contributed by atoms with E-state index in [1.54, 1.807) is 27.7 Å². The summed E-state index contributed by atoms with van der Waals surface area (Å²) in [5.41, 5.74) is 16.9. The molecule has 1 heterocycles. The number of hydrogen-bond acceptors (Lipinski definition) is 15. The predicted molar refractivity (Wildman–Crippen MR) is 248 cm³/mol. The second-order valence-corrected chi connectivity index (χ2v) is 18.7. The zero-order valence-corrected chi connectivity index (χ0v) is 40.4. The monoisotopic (exact) mass is 999 g/mol. The molecule has 69 heavy (non-hydrogen) atoms. The summed E-state index contributed by atoms with van der Waals surface area (Å²) in [6.45, 7) is 8.38. The fraction of sp³-hybridized carbons (Fsp3) is 0.643. The maximum absolute atomic E-state index is 14.4. The second kappa shape index (κ2) is 27.7. The summed E-state index contributed by atoms with van der Waals surface area (Å²) in [5, 5.41) is 44.3. The number of likely N-dealkylation sites (tertiary alicyclic amines) is 1. The van der Waals surface area contributed by atoms with Crippen molar-refractivity contribution in [3.63, 3.8) is 0 Å². The fourth-order valence-electron chi connectivity index (χ4n) is 7.00. The van der Waals surface area contributed by atoms with Gasteiger partial charge in [-0.2, -0.15) is 8.42 Å². The van der Waals surface area contributed by atoms with Crippen LogP contribution in [-0.2, 0) is 48.1 Å². The highest BCUT2D eigenvalue weighted by Crippen LogP contribution is 2.25. The van der Waals surface area contributed by atoms with E-state index >= 15 is 0 Å². The number of hydrogen-bond donors (Lipinski definition) is 13. The van der Waals surface area contributed by atoms with Crippen LogP contribution in [0.5, 0.6) is 5.75 Å². The number of aromatic hydroxyl groups is 1. The zero-order chi connectivity index (χ0) is 52.3. The fourth-order valence-corrected chi connectivity index (χ4v) is 7.48. The summed E-state index contributed by atoms with van der Waals surface area (Å²) < 4.78 is 37.7. The highest BCUT2D eigenvalue weighted by molar-refractivity contribution is 7.80. The van der Waals surface area contributed by atoms with Gasteiger partial charge in [0.25, 0.3) is 5.91 Å². The minimum absolute atomic E-state index is 0.0313. The van der Waals surface area contributed by atoms with Crippen LogP contribution in [0.4, 0.5) is 0 Å². The average molecular weight is 1000 g/mol. The summed E-state index contributed by atoms with van der Waals surface area (Å²) in [4.78, 5) is 112. The van der Waals surface area contributed by atoms with Crippen molar-refractivity contribution < 1.29 is 70.8 Å². The van der Waals surface area contributed by atoms with Crippen molar-refractivity contribution in [3.05, 3.63) is 29.8 Å². The highest BCUT2D eigenvalue weighted by Gasteiger charge is 2.45. The van der Waals surface area contributed by atoms with Crippen LogP contribution in [0.15, 0.2) is 29.3 Å². The molecule has 1 aromatic rings. The second-order valence-electron chi connectivity index (χ2n) is 17.7. The van der Waals surface area contributed by atoms with Gasteiger partial charge in [0.05, 0.1) is 18.8 Å². The third-order valence-electron chi connectivity index (χ3n) is 10.8. The van der Waals surface area contributed by atoms with Gasteiger partial charge in [-0.05, 0) is 74.1 Å². The van der Waals surface area contributed by atoms with E-state index < -0.39 is 132 Å². The summed E-state index contributed by atoms with van der Waals surface area (Å²) in [7, 11) is -5.14. The molecule has 1 aromatic carbocycles. The molecule has 8 atom stereocenters. The quantitative estimate of drug-likeness (QED) is 0.0171. The first-order valence-electron chi connectivity index (χ1n) is 22.3. The minimum atomic E-state index is -5.14. The molecule has 2 rings (SSSR count). The van der Waals surface area contributed by atoms with Gasteiger partial charge in [-0.1, -0.05) is 41.5 Å². The largest absolute Gasteiger partial charge is 0.508 e. The number of carboxylic acids is 1. The van der Waals surface area contributed by atoms with Gasteiger partial charge in [-0.15, -0.1) is 0 Å². The lowest BCUT2D eigenvalue weighted by Crippen LogP contribution is -2.61. The third-order valence-corrected chi connectivity index (χ3v) is 11.3. The van der Waals surface area contributed by atoms with Crippen molar-refractivity contribution in [2.45, 2.75) is 128 Å².